The predicted molar refractivity (Wildman–Crippen MR) is 111 cm³/mol. The van der Waals surface area contributed by atoms with E-state index in [1.54, 1.807) is 19.9 Å². The van der Waals surface area contributed by atoms with E-state index in [0.29, 0.717) is 5.69 Å². The first-order chi connectivity index (χ1) is 14.4. The summed E-state index contributed by atoms with van der Waals surface area (Å²) in [5.74, 6) is -2.85. The number of esters is 1. The Morgan fingerprint density at radius 3 is 2.43 bits per heavy atom. The Kier molecular flexibility index (Phi) is 7.03. The molecule has 0 unspecified atom stereocenters. The fourth-order valence-electron chi connectivity index (χ4n) is 3.98. The van der Waals surface area contributed by atoms with Crippen molar-refractivity contribution in [1.29, 1.82) is 0 Å². The maximum Gasteiger partial charge on any atom is 0.340 e. The number of nitrogens with one attached hydrogen (secondary N) is 2. The number of carbonyl (C=O) groups is 3. The van der Waals surface area contributed by atoms with Gasteiger partial charge in [0, 0.05) is 22.9 Å². The van der Waals surface area contributed by atoms with E-state index >= 15 is 0 Å². The highest BCUT2D eigenvalue weighted by atomic mass is 19.1. The van der Waals surface area contributed by atoms with E-state index in [1.165, 1.54) is 18.2 Å². The van der Waals surface area contributed by atoms with Crippen LogP contribution in [0.25, 0.3) is 11.1 Å². The molecule has 1 aromatic heterocycles. The molecule has 160 valence electrons. The SMILES string of the molecule is CCOC(=O)c1c(C)[nH]c(C(=O)C(=O)NC2CCCCCC2)c1-c1ccccc1F. The minimum Gasteiger partial charge on any atom is -0.462 e. The molecule has 1 saturated carbocycles. The number of carbonyl (C=O) groups excluding carboxylic acids is 3. The zero-order valence-corrected chi connectivity index (χ0v) is 17.3. The minimum absolute atomic E-state index is 0.0542. The van der Waals surface area contributed by atoms with Gasteiger partial charge in [-0.15, -0.1) is 0 Å². The fraction of sp³-hybridized carbons (Fsp3) is 0.435. The van der Waals surface area contributed by atoms with E-state index in [0.717, 1.165) is 38.5 Å². The van der Waals surface area contributed by atoms with Gasteiger partial charge in [-0.25, -0.2) is 9.18 Å². The highest BCUT2D eigenvalue weighted by molar-refractivity contribution is 6.44. The Morgan fingerprint density at radius 1 is 1.13 bits per heavy atom. The number of H-pyrrole nitrogens is 1. The van der Waals surface area contributed by atoms with Crippen LogP contribution in [0.5, 0.6) is 0 Å². The lowest BCUT2D eigenvalue weighted by Gasteiger charge is -2.15. The van der Waals surface area contributed by atoms with Crippen molar-refractivity contribution in [2.45, 2.75) is 58.4 Å². The molecule has 2 aromatic rings. The topological polar surface area (TPSA) is 88.3 Å². The van der Waals surface area contributed by atoms with Gasteiger partial charge in [0.15, 0.2) is 0 Å². The van der Waals surface area contributed by atoms with E-state index in [4.69, 9.17) is 4.74 Å². The van der Waals surface area contributed by atoms with E-state index in [9.17, 15) is 18.8 Å². The summed E-state index contributed by atoms with van der Waals surface area (Å²) in [6, 6.07) is 5.78. The maximum atomic E-state index is 14.6. The standard InChI is InChI=1S/C23H27FN2O4/c1-3-30-23(29)18-14(2)25-20(19(18)16-12-8-9-13-17(16)24)21(27)22(28)26-15-10-6-4-5-7-11-15/h8-9,12-13,15,25H,3-7,10-11H2,1-2H3,(H,26,28). The molecule has 1 heterocycles. The van der Waals surface area contributed by atoms with Crippen molar-refractivity contribution in [3.63, 3.8) is 0 Å². The maximum absolute atomic E-state index is 14.6. The quantitative estimate of drug-likeness (QED) is 0.319. The smallest absolute Gasteiger partial charge is 0.340 e. The zero-order chi connectivity index (χ0) is 21.7. The number of ether oxygens (including phenoxy) is 1. The van der Waals surface area contributed by atoms with Crippen LogP contribution in [0.15, 0.2) is 24.3 Å². The molecule has 1 aromatic carbocycles. The van der Waals surface area contributed by atoms with Crippen LogP contribution in [-0.2, 0) is 9.53 Å². The minimum atomic E-state index is -0.823. The van der Waals surface area contributed by atoms with Gasteiger partial charge in [-0.3, -0.25) is 9.59 Å². The second kappa shape index (κ2) is 9.69. The van der Waals surface area contributed by atoms with Crippen LogP contribution in [0.1, 0.15) is 72.0 Å². The summed E-state index contributed by atoms with van der Waals surface area (Å²) in [7, 11) is 0. The van der Waals surface area contributed by atoms with Gasteiger partial charge in [-0.1, -0.05) is 43.9 Å². The van der Waals surface area contributed by atoms with Crippen molar-refractivity contribution in [2.75, 3.05) is 6.61 Å². The summed E-state index contributed by atoms with van der Waals surface area (Å²) in [6.45, 7) is 3.39. The van der Waals surface area contributed by atoms with E-state index < -0.39 is 23.5 Å². The van der Waals surface area contributed by atoms with E-state index in [-0.39, 0.29) is 35.0 Å². The molecule has 2 N–H and O–H groups in total. The van der Waals surface area contributed by atoms with Crippen LogP contribution in [0.4, 0.5) is 4.39 Å². The van der Waals surface area contributed by atoms with Crippen molar-refractivity contribution < 1.29 is 23.5 Å². The molecule has 1 amide bonds. The third kappa shape index (κ3) is 4.61. The molecule has 0 saturated heterocycles. The predicted octanol–water partition coefficient (Wildman–Crippen LogP) is 4.33. The summed E-state index contributed by atoms with van der Waals surface area (Å²) in [6.07, 6.45) is 5.92. The van der Waals surface area contributed by atoms with Crippen molar-refractivity contribution in [1.82, 2.24) is 10.3 Å². The largest absolute Gasteiger partial charge is 0.462 e. The monoisotopic (exact) mass is 414 g/mol. The highest BCUT2D eigenvalue weighted by Gasteiger charge is 2.31. The van der Waals surface area contributed by atoms with Crippen LogP contribution in [0.3, 0.4) is 0 Å². The van der Waals surface area contributed by atoms with Gasteiger partial charge in [0.05, 0.1) is 12.2 Å². The number of aromatic nitrogens is 1. The number of amides is 1. The van der Waals surface area contributed by atoms with Gasteiger partial charge in [-0.2, -0.15) is 0 Å². The number of hydrogen-bond donors (Lipinski definition) is 2. The number of halogens is 1. The Balaban J connectivity index is 2.00. The molecule has 1 aliphatic carbocycles. The first-order valence-corrected chi connectivity index (χ1v) is 10.4. The van der Waals surface area contributed by atoms with Crippen LogP contribution in [-0.4, -0.2) is 35.3 Å². The molecule has 0 bridgehead atoms. The lowest BCUT2D eigenvalue weighted by atomic mass is 9.97. The van der Waals surface area contributed by atoms with Gasteiger partial charge in [0.25, 0.3) is 11.7 Å². The summed E-state index contributed by atoms with van der Waals surface area (Å²) < 4.78 is 19.7. The molecule has 0 aliphatic heterocycles. The normalized spacial score (nSPS) is 14.8. The lowest BCUT2D eigenvalue weighted by molar-refractivity contribution is -0.117. The van der Waals surface area contributed by atoms with Gasteiger partial charge in [0.2, 0.25) is 0 Å². The molecule has 0 spiro atoms. The molecular weight excluding hydrogens is 387 g/mol. The number of rotatable bonds is 6. The molecule has 30 heavy (non-hydrogen) atoms. The average molecular weight is 414 g/mol. The summed E-state index contributed by atoms with van der Waals surface area (Å²) in [5.41, 5.74) is 0.428. The Labute approximate surface area is 175 Å². The number of hydrogen-bond acceptors (Lipinski definition) is 4. The number of Topliss-reactive ketones (excluding diaryl/α,β-unsaturated/α-hetero) is 1. The number of benzene rings is 1. The second-order valence-corrected chi connectivity index (χ2v) is 7.57. The van der Waals surface area contributed by atoms with E-state index in [1.807, 2.05) is 0 Å². The van der Waals surface area contributed by atoms with Crippen molar-refractivity contribution >= 4 is 17.7 Å². The first kappa shape index (κ1) is 21.7. The number of aromatic amines is 1. The third-order valence-electron chi connectivity index (χ3n) is 5.43. The van der Waals surface area contributed by atoms with Crippen LogP contribution >= 0.6 is 0 Å². The molecule has 0 atom stereocenters. The molecule has 7 heteroatoms. The van der Waals surface area contributed by atoms with Crippen molar-refractivity contribution in [3.05, 3.63) is 47.0 Å². The highest BCUT2D eigenvalue weighted by Crippen LogP contribution is 2.33. The van der Waals surface area contributed by atoms with Gasteiger partial charge in [-0.05, 0) is 32.8 Å². The third-order valence-corrected chi connectivity index (χ3v) is 5.43. The summed E-state index contributed by atoms with van der Waals surface area (Å²) in [4.78, 5) is 41.1. The van der Waals surface area contributed by atoms with Gasteiger partial charge < -0.3 is 15.0 Å². The van der Waals surface area contributed by atoms with E-state index in [2.05, 4.69) is 10.3 Å². The van der Waals surface area contributed by atoms with Crippen LogP contribution < -0.4 is 5.32 Å². The second-order valence-electron chi connectivity index (χ2n) is 7.57. The molecule has 1 fully saturated rings. The van der Waals surface area contributed by atoms with Crippen molar-refractivity contribution in [2.24, 2.45) is 0 Å². The lowest BCUT2D eigenvalue weighted by Crippen LogP contribution is -2.39. The Bertz CT molecular complexity index is 943. The van der Waals surface area contributed by atoms with Crippen LogP contribution in [0, 0.1) is 12.7 Å². The summed E-state index contributed by atoms with van der Waals surface area (Å²) in [5, 5.41) is 2.82. The van der Waals surface area contributed by atoms with Crippen LogP contribution in [0.2, 0.25) is 0 Å². The molecule has 6 nitrogen and oxygen atoms in total. The molecule has 1 aliphatic rings. The van der Waals surface area contributed by atoms with Gasteiger partial charge >= 0.3 is 5.97 Å². The molecule has 3 rings (SSSR count). The summed E-state index contributed by atoms with van der Waals surface area (Å²) >= 11 is 0. The number of aryl methyl sites for hydroxylation is 1. The number of ketones is 1. The van der Waals surface area contributed by atoms with Crippen molar-refractivity contribution in [3.8, 4) is 11.1 Å². The van der Waals surface area contributed by atoms with Gasteiger partial charge in [0.1, 0.15) is 11.5 Å². The first-order valence-electron chi connectivity index (χ1n) is 10.4. The molecular formula is C23H27FN2O4. The average Bonchev–Trinajstić information content (AvgIpc) is 2.88. The Hall–Kier alpha value is -2.96. The molecule has 0 radical (unpaired) electrons. The zero-order valence-electron chi connectivity index (χ0n) is 17.3. The fourth-order valence-corrected chi connectivity index (χ4v) is 3.98. The Morgan fingerprint density at radius 2 is 1.80 bits per heavy atom.